The smallest absolute Gasteiger partial charge is 0.0961 e. The zero-order valence-electron chi connectivity index (χ0n) is 6.50. The van der Waals surface area contributed by atoms with E-state index in [9.17, 15) is 5.11 Å². The first-order valence-corrected chi connectivity index (χ1v) is 4.29. The van der Waals surface area contributed by atoms with Crippen molar-refractivity contribution in [3.8, 4) is 0 Å². The molecule has 64 valence electrons. The molecule has 12 heavy (non-hydrogen) atoms. The zero-order valence-corrected chi connectivity index (χ0v) is 7.25. The van der Waals surface area contributed by atoms with Crippen LogP contribution in [-0.2, 0) is 6.42 Å². The Morgan fingerprint density at radius 2 is 2.25 bits per heavy atom. The Bertz CT molecular complexity index is 313. The molecule has 2 atom stereocenters. The molecule has 0 aliphatic heterocycles. The van der Waals surface area contributed by atoms with Gasteiger partial charge in [0, 0.05) is 16.6 Å². The molecule has 2 nitrogen and oxygen atoms in total. The number of nitrogens with two attached hydrogens (primary N) is 1. The van der Waals surface area contributed by atoms with Crippen LogP contribution >= 0.6 is 11.6 Å². The van der Waals surface area contributed by atoms with E-state index in [4.69, 9.17) is 17.3 Å². The lowest BCUT2D eigenvalue weighted by Gasteiger charge is -2.09. The van der Waals surface area contributed by atoms with Gasteiger partial charge in [-0.2, -0.15) is 0 Å². The van der Waals surface area contributed by atoms with E-state index in [1.54, 1.807) is 6.07 Å². The highest BCUT2D eigenvalue weighted by molar-refractivity contribution is 6.31. The lowest BCUT2D eigenvalue weighted by molar-refractivity contribution is 0.159. The van der Waals surface area contributed by atoms with E-state index in [-0.39, 0.29) is 6.04 Å². The molecule has 0 bridgehead atoms. The number of fused-ring (bicyclic) bond motifs is 1. The molecule has 2 unspecified atom stereocenters. The summed E-state index contributed by atoms with van der Waals surface area (Å²) in [6.45, 7) is 0. The Morgan fingerprint density at radius 3 is 2.92 bits per heavy atom. The quantitative estimate of drug-likeness (QED) is 0.636. The Morgan fingerprint density at radius 1 is 1.50 bits per heavy atom. The SMILES string of the molecule is NC1Cc2cccc(Cl)c2C1O. The molecule has 0 saturated carbocycles. The van der Waals surface area contributed by atoms with Gasteiger partial charge in [0.1, 0.15) is 0 Å². The molecular formula is C9H10ClNO. The van der Waals surface area contributed by atoms with E-state index in [1.807, 2.05) is 12.1 Å². The van der Waals surface area contributed by atoms with Crippen LogP contribution < -0.4 is 5.73 Å². The number of aliphatic hydroxyl groups is 1. The third-order valence-electron chi connectivity index (χ3n) is 2.30. The van der Waals surface area contributed by atoms with Gasteiger partial charge in [0.2, 0.25) is 0 Å². The molecule has 1 aliphatic carbocycles. The van der Waals surface area contributed by atoms with Crippen LogP contribution in [0.3, 0.4) is 0 Å². The van der Waals surface area contributed by atoms with Crippen LogP contribution in [0.5, 0.6) is 0 Å². The van der Waals surface area contributed by atoms with E-state index >= 15 is 0 Å². The number of hydrogen-bond acceptors (Lipinski definition) is 2. The molecule has 1 aromatic rings. The van der Waals surface area contributed by atoms with E-state index < -0.39 is 6.10 Å². The molecule has 1 aliphatic rings. The number of benzene rings is 1. The van der Waals surface area contributed by atoms with Crippen LogP contribution in [-0.4, -0.2) is 11.1 Å². The summed E-state index contributed by atoms with van der Waals surface area (Å²) in [6.07, 6.45) is 0.130. The fraction of sp³-hybridized carbons (Fsp3) is 0.333. The summed E-state index contributed by atoms with van der Waals surface area (Å²) < 4.78 is 0. The molecule has 0 saturated heterocycles. The summed E-state index contributed by atoms with van der Waals surface area (Å²) in [4.78, 5) is 0. The minimum absolute atomic E-state index is 0.195. The molecular weight excluding hydrogens is 174 g/mol. The van der Waals surface area contributed by atoms with Crippen LogP contribution in [0, 0.1) is 0 Å². The molecule has 3 heteroatoms. The first kappa shape index (κ1) is 8.05. The number of aliphatic hydroxyl groups excluding tert-OH is 1. The van der Waals surface area contributed by atoms with Gasteiger partial charge in [-0.1, -0.05) is 23.7 Å². The summed E-state index contributed by atoms with van der Waals surface area (Å²) in [5.74, 6) is 0. The van der Waals surface area contributed by atoms with Crippen molar-refractivity contribution < 1.29 is 5.11 Å². The lowest BCUT2D eigenvalue weighted by Crippen LogP contribution is -2.24. The molecule has 1 aromatic carbocycles. The van der Waals surface area contributed by atoms with Crippen molar-refractivity contribution in [3.05, 3.63) is 34.3 Å². The fourth-order valence-corrected chi connectivity index (χ4v) is 1.98. The van der Waals surface area contributed by atoms with Crippen molar-refractivity contribution >= 4 is 11.6 Å². The average Bonchev–Trinajstić information content (AvgIpc) is 2.29. The van der Waals surface area contributed by atoms with Crippen LogP contribution in [0.4, 0.5) is 0 Å². The normalized spacial score (nSPS) is 27.2. The van der Waals surface area contributed by atoms with Gasteiger partial charge in [-0.05, 0) is 18.1 Å². The van der Waals surface area contributed by atoms with Gasteiger partial charge in [0.15, 0.2) is 0 Å². The lowest BCUT2D eigenvalue weighted by atomic mass is 10.1. The topological polar surface area (TPSA) is 46.2 Å². The van der Waals surface area contributed by atoms with Crippen molar-refractivity contribution in [2.75, 3.05) is 0 Å². The van der Waals surface area contributed by atoms with E-state index in [0.29, 0.717) is 5.02 Å². The Balaban J connectivity index is 2.55. The van der Waals surface area contributed by atoms with Crippen molar-refractivity contribution in [1.82, 2.24) is 0 Å². The summed E-state index contributed by atoms with van der Waals surface area (Å²) >= 11 is 5.91. The zero-order chi connectivity index (χ0) is 8.72. The minimum Gasteiger partial charge on any atom is -0.387 e. The predicted molar refractivity (Wildman–Crippen MR) is 48.1 cm³/mol. The van der Waals surface area contributed by atoms with Crippen LogP contribution in [0.15, 0.2) is 18.2 Å². The maximum Gasteiger partial charge on any atom is 0.0961 e. The highest BCUT2D eigenvalue weighted by Gasteiger charge is 2.29. The van der Waals surface area contributed by atoms with Crippen LogP contribution in [0.2, 0.25) is 5.02 Å². The Hall–Kier alpha value is -0.570. The maximum absolute atomic E-state index is 9.62. The van der Waals surface area contributed by atoms with Gasteiger partial charge in [-0.15, -0.1) is 0 Å². The van der Waals surface area contributed by atoms with Gasteiger partial charge < -0.3 is 10.8 Å². The largest absolute Gasteiger partial charge is 0.387 e. The van der Waals surface area contributed by atoms with Gasteiger partial charge in [-0.3, -0.25) is 0 Å². The second-order valence-electron chi connectivity index (χ2n) is 3.13. The number of halogens is 1. The first-order valence-electron chi connectivity index (χ1n) is 3.91. The van der Waals surface area contributed by atoms with E-state index in [1.165, 1.54) is 0 Å². The molecule has 0 heterocycles. The summed E-state index contributed by atoms with van der Waals surface area (Å²) in [5, 5.41) is 10.2. The first-order chi connectivity index (χ1) is 5.70. The number of hydrogen-bond donors (Lipinski definition) is 2. The molecule has 3 N–H and O–H groups in total. The third kappa shape index (κ3) is 1.04. The Labute approximate surface area is 76.0 Å². The minimum atomic E-state index is -0.589. The predicted octanol–water partition coefficient (Wildman–Crippen LogP) is 1.26. The van der Waals surface area contributed by atoms with Crippen LogP contribution in [0.1, 0.15) is 17.2 Å². The second-order valence-corrected chi connectivity index (χ2v) is 3.53. The molecule has 2 rings (SSSR count). The molecule has 0 amide bonds. The molecule has 0 spiro atoms. The van der Waals surface area contributed by atoms with Crippen LogP contribution in [0.25, 0.3) is 0 Å². The summed E-state index contributed by atoms with van der Waals surface area (Å²) in [7, 11) is 0. The third-order valence-corrected chi connectivity index (χ3v) is 2.63. The highest BCUT2D eigenvalue weighted by Crippen LogP contribution is 2.35. The molecule has 0 radical (unpaired) electrons. The average molecular weight is 184 g/mol. The molecule has 0 fully saturated rings. The Kier molecular flexibility index (Phi) is 1.83. The van der Waals surface area contributed by atoms with E-state index in [0.717, 1.165) is 17.5 Å². The van der Waals surface area contributed by atoms with E-state index in [2.05, 4.69) is 0 Å². The van der Waals surface area contributed by atoms with Gasteiger partial charge in [0.05, 0.1) is 6.10 Å². The summed E-state index contributed by atoms with van der Waals surface area (Å²) in [5.41, 5.74) is 7.57. The van der Waals surface area contributed by atoms with Gasteiger partial charge in [0.25, 0.3) is 0 Å². The van der Waals surface area contributed by atoms with Crippen molar-refractivity contribution in [1.29, 1.82) is 0 Å². The van der Waals surface area contributed by atoms with Crippen molar-refractivity contribution in [3.63, 3.8) is 0 Å². The second kappa shape index (κ2) is 2.73. The van der Waals surface area contributed by atoms with Crippen molar-refractivity contribution in [2.45, 2.75) is 18.6 Å². The monoisotopic (exact) mass is 183 g/mol. The fourth-order valence-electron chi connectivity index (χ4n) is 1.67. The number of rotatable bonds is 0. The summed E-state index contributed by atoms with van der Waals surface area (Å²) in [6, 6.07) is 5.42. The van der Waals surface area contributed by atoms with Crippen molar-refractivity contribution in [2.24, 2.45) is 5.73 Å². The molecule has 0 aromatic heterocycles. The van der Waals surface area contributed by atoms with Gasteiger partial charge in [-0.25, -0.2) is 0 Å². The van der Waals surface area contributed by atoms with Gasteiger partial charge >= 0.3 is 0 Å². The highest BCUT2D eigenvalue weighted by atomic mass is 35.5. The maximum atomic E-state index is 9.62. The standard InChI is InChI=1S/C9H10ClNO/c10-6-3-1-2-5-4-7(11)9(12)8(5)6/h1-3,7,9,12H,4,11H2.